The van der Waals surface area contributed by atoms with Gasteiger partial charge in [0, 0.05) is 38.5 Å². The second-order valence-electron chi connectivity index (χ2n) is 3.72. The Bertz CT molecular complexity index is 374. The van der Waals surface area contributed by atoms with Gasteiger partial charge in [0.05, 0.1) is 0 Å². The fraction of sp³-hybridized carbons (Fsp3) is 0.417. The van der Waals surface area contributed by atoms with E-state index in [4.69, 9.17) is 4.74 Å². The van der Waals surface area contributed by atoms with Crippen LogP contribution in [-0.2, 0) is 43.9 Å². The van der Waals surface area contributed by atoms with Gasteiger partial charge in [0.15, 0.2) is 6.29 Å². The molecule has 0 amide bonds. The monoisotopic (exact) mass is 278 g/mol. The van der Waals surface area contributed by atoms with Crippen molar-refractivity contribution in [3.63, 3.8) is 0 Å². The average molecular weight is 278 g/mol. The minimum atomic E-state index is -0.261. The maximum absolute atomic E-state index is 10.6. The van der Waals surface area contributed by atoms with Crippen molar-refractivity contribution >= 4 is 6.29 Å². The Kier molecular flexibility index (Phi) is 4.48. The van der Waals surface area contributed by atoms with Gasteiger partial charge >= 0.3 is 0 Å². The number of hydrogen-bond donors (Lipinski definition) is 0. The van der Waals surface area contributed by atoms with E-state index in [1.807, 2.05) is 19.9 Å². The number of aldehydes is 1. The van der Waals surface area contributed by atoms with Gasteiger partial charge in [0.2, 0.25) is 0 Å². The van der Waals surface area contributed by atoms with Crippen LogP contribution in [-0.4, -0.2) is 12.4 Å². The normalized spacial score (nSPS) is 18.4. The Balaban J connectivity index is 0.00000112. The Morgan fingerprint density at radius 2 is 2.27 bits per heavy atom. The fourth-order valence-corrected chi connectivity index (χ4v) is 1.73. The molecule has 0 spiro atoms. The zero-order valence-electron chi connectivity index (χ0n) is 9.04. The van der Waals surface area contributed by atoms with Crippen LogP contribution in [0.3, 0.4) is 0 Å². The smallest absolute Gasteiger partial charge is 0.160 e. The molecule has 77 valence electrons. The molecule has 3 heteroatoms. The summed E-state index contributed by atoms with van der Waals surface area (Å²) in [5.41, 5.74) is 3.37. The molecule has 2 nitrogen and oxygen atoms in total. The van der Waals surface area contributed by atoms with Gasteiger partial charge in [-0.15, -0.1) is 11.1 Å². The van der Waals surface area contributed by atoms with Crippen molar-refractivity contribution < 1.29 is 42.2 Å². The van der Waals surface area contributed by atoms with Crippen LogP contribution < -0.4 is 4.74 Å². The molecule has 0 N–H and O–H groups in total. The van der Waals surface area contributed by atoms with Crippen LogP contribution in [0.2, 0.25) is 0 Å². The number of ether oxygens (including phenoxy) is 1. The molecule has 1 aliphatic heterocycles. The van der Waals surface area contributed by atoms with E-state index in [0.29, 0.717) is 0 Å². The summed E-state index contributed by atoms with van der Waals surface area (Å²) in [5, 5.41) is 0. The van der Waals surface area contributed by atoms with Gasteiger partial charge in [0.1, 0.15) is 6.10 Å². The van der Waals surface area contributed by atoms with Crippen LogP contribution >= 0.6 is 0 Å². The van der Waals surface area contributed by atoms with Crippen LogP contribution in [0.25, 0.3) is 0 Å². The Labute approximate surface area is 115 Å². The largest absolute Gasteiger partial charge is 0.508 e. The van der Waals surface area contributed by atoms with Gasteiger partial charge in [-0.05, 0) is 6.42 Å². The predicted molar refractivity (Wildman–Crippen MR) is 53.6 cm³/mol. The number of aryl methyl sites for hydroxylation is 2. The van der Waals surface area contributed by atoms with E-state index in [1.54, 1.807) is 0 Å². The molecule has 1 aliphatic rings. The summed E-state index contributed by atoms with van der Waals surface area (Å²) in [7, 11) is 0. The fourth-order valence-electron chi connectivity index (χ4n) is 1.73. The first kappa shape index (κ1) is 12.9. The van der Waals surface area contributed by atoms with Crippen molar-refractivity contribution in [1.82, 2.24) is 0 Å². The minimum absolute atomic E-state index is 0. The van der Waals surface area contributed by atoms with Gasteiger partial charge in [0.25, 0.3) is 0 Å². The molecule has 1 radical (unpaired) electrons. The molecule has 0 bridgehead atoms. The average Bonchev–Trinajstić information content (AvgIpc) is 2.23. The summed E-state index contributed by atoms with van der Waals surface area (Å²) in [4.78, 5) is 10.6. The molecule has 1 unspecified atom stereocenters. The molecule has 0 fully saturated rings. The molecular weight excluding hydrogens is 265 g/mol. The van der Waals surface area contributed by atoms with E-state index in [-0.39, 0.29) is 38.8 Å². The van der Waals surface area contributed by atoms with Gasteiger partial charge in [-0.3, -0.25) is 4.79 Å². The van der Waals surface area contributed by atoms with Crippen LogP contribution in [0.1, 0.15) is 23.1 Å². The molecule has 0 saturated heterocycles. The summed E-state index contributed by atoms with van der Waals surface area (Å²) >= 11 is 0. The predicted octanol–water partition coefficient (Wildman–Crippen LogP) is 1.99. The van der Waals surface area contributed by atoms with Crippen LogP contribution in [0, 0.1) is 19.9 Å². The first-order valence-corrected chi connectivity index (χ1v) is 4.85. The molecule has 1 aromatic carbocycles. The molecule has 1 heterocycles. The number of hydrogen-bond acceptors (Lipinski definition) is 2. The summed E-state index contributed by atoms with van der Waals surface area (Å²) in [6.45, 7) is 4.02. The van der Waals surface area contributed by atoms with Crippen molar-refractivity contribution in [2.24, 2.45) is 0 Å². The molecule has 0 aliphatic carbocycles. The summed E-state index contributed by atoms with van der Waals surface area (Å²) in [5.74, 6) is 0.893. The topological polar surface area (TPSA) is 26.3 Å². The second kappa shape index (κ2) is 5.22. The van der Waals surface area contributed by atoms with Crippen molar-refractivity contribution in [3.8, 4) is 5.75 Å². The van der Waals surface area contributed by atoms with Crippen molar-refractivity contribution in [1.29, 1.82) is 0 Å². The SMILES string of the molecule is Cc1[c-]cc2c(c1C)OC(C=O)CC2.[Y]. The Morgan fingerprint density at radius 1 is 1.53 bits per heavy atom. The number of carbonyl (C=O) groups excluding carboxylic acids is 1. The third-order valence-corrected chi connectivity index (χ3v) is 2.78. The molecule has 1 atom stereocenters. The molecule has 2 rings (SSSR count). The van der Waals surface area contributed by atoms with E-state index in [0.717, 1.165) is 36.0 Å². The minimum Gasteiger partial charge on any atom is -0.508 e. The van der Waals surface area contributed by atoms with E-state index >= 15 is 0 Å². The van der Waals surface area contributed by atoms with Gasteiger partial charge in [-0.1, -0.05) is 20.3 Å². The van der Waals surface area contributed by atoms with E-state index in [2.05, 4.69) is 6.07 Å². The number of fused-ring (bicyclic) bond motifs is 1. The summed E-state index contributed by atoms with van der Waals surface area (Å²) in [6.07, 6.45) is 2.32. The van der Waals surface area contributed by atoms with Gasteiger partial charge < -0.3 is 4.74 Å². The molecule has 15 heavy (non-hydrogen) atoms. The number of carbonyl (C=O) groups is 1. The first-order chi connectivity index (χ1) is 6.72. The summed E-state index contributed by atoms with van der Waals surface area (Å²) in [6, 6.07) is 5.16. The molecule has 1 aromatic rings. The third kappa shape index (κ3) is 2.48. The van der Waals surface area contributed by atoms with E-state index in [1.165, 1.54) is 5.56 Å². The van der Waals surface area contributed by atoms with Crippen LogP contribution in [0.4, 0.5) is 0 Å². The number of rotatable bonds is 1. The second-order valence-corrected chi connectivity index (χ2v) is 3.72. The van der Waals surface area contributed by atoms with Crippen LogP contribution in [0.5, 0.6) is 5.75 Å². The summed E-state index contributed by atoms with van der Waals surface area (Å²) < 4.78 is 5.60. The quantitative estimate of drug-likeness (QED) is 0.580. The van der Waals surface area contributed by atoms with Crippen LogP contribution in [0.15, 0.2) is 6.07 Å². The van der Waals surface area contributed by atoms with Gasteiger partial charge in [-0.2, -0.15) is 17.7 Å². The maximum Gasteiger partial charge on any atom is 0.160 e. The Morgan fingerprint density at radius 3 is 2.93 bits per heavy atom. The van der Waals surface area contributed by atoms with Crippen molar-refractivity contribution in [2.45, 2.75) is 32.8 Å². The molecular formula is C12H13O2Y-. The standard InChI is InChI=1S/C12H13O2.Y/c1-8-3-4-10-5-6-11(7-13)14-12(10)9(8)2;/h4,7,11H,5-6H2,1-2H3;/q-1;. The van der Waals surface area contributed by atoms with E-state index in [9.17, 15) is 4.79 Å². The molecule has 0 aromatic heterocycles. The number of benzene rings is 1. The molecule has 0 saturated carbocycles. The van der Waals surface area contributed by atoms with Crippen molar-refractivity contribution in [2.75, 3.05) is 0 Å². The van der Waals surface area contributed by atoms with Crippen molar-refractivity contribution in [3.05, 3.63) is 28.8 Å². The maximum atomic E-state index is 10.6. The first-order valence-electron chi connectivity index (χ1n) is 4.85. The third-order valence-electron chi connectivity index (χ3n) is 2.78. The zero-order chi connectivity index (χ0) is 10.1. The van der Waals surface area contributed by atoms with E-state index < -0.39 is 0 Å². The van der Waals surface area contributed by atoms with Gasteiger partial charge in [-0.25, -0.2) is 0 Å². The zero-order valence-corrected chi connectivity index (χ0v) is 11.9. The Hall–Kier alpha value is -0.206.